The zero-order valence-electron chi connectivity index (χ0n) is 15.9. The maximum Gasteiger partial charge on any atom is 0.251 e. The monoisotopic (exact) mass is 449 g/mol. The molecule has 0 radical (unpaired) electrons. The van der Waals surface area contributed by atoms with Crippen molar-refractivity contribution in [3.8, 4) is 5.75 Å². The highest BCUT2D eigenvalue weighted by Gasteiger charge is 2.10. The van der Waals surface area contributed by atoms with E-state index >= 15 is 0 Å². The first-order valence-corrected chi connectivity index (χ1v) is 10.0. The fraction of sp³-hybridized carbons (Fsp3) is 0.130. The molecule has 0 saturated heterocycles. The topological polar surface area (TPSA) is 56.2 Å². The van der Waals surface area contributed by atoms with Crippen LogP contribution >= 0.6 is 15.9 Å². The number of fused-ring (bicyclic) bond motifs is 1. The molecular weight excluding hydrogens is 430 g/mol. The van der Waals surface area contributed by atoms with Crippen LogP contribution in [-0.4, -0.2) is 22.8 Å². The van der Waals surface area contributed by atoms with Gasteiger partial charge in [-0.05, 0) is 47.5 Å². The smallest absolute Gasteiger partial charge is 0.251 e. The third-order valence-corrected chi connectivity index (χ3v) is 5.21. The van der Waals surface area contributed by atoms with Gasteiger partial charge in [0, 0.05) is 22.0 Å². The van der Waals surface area contributed by atoms with Crippen molar-refractivity contribution in [1.29, 1.82) is 0 Å². The van der Waals surface area contributed by atoms with E-state index in [9.17, 15) is 4.79 Å². The Bertz CT molecular complexity index is 1170. The number of aromatic nitrogens is 2. The molecule has 0 aliphatic heterocycles. The molecule has 4 aromatic rings. The van der Waals surface area contributed by atoms with E-state index in [0.29, 0.717) is 18.7 Å². The van der Waals surface area contributed by atoms with Crippen LogP contribution in [0, 0.1) is 0 Å². The molecule has 3 aromatic carbocycles. The molecule has 1 amide bonds. The summed E-state index contributed by atoms with van der Waals surface area (Å²) < 4.78 is 8.19. The fourth-order valence-corrected chi connectivity index (χ4v) is 3.66. The minimum absolute atomic E-state index is 0.110. The molecule has 5 nitrogen and oxygen atoms in total. The van der Waals surface area contributed by atoms with Gasteiger partial charge in [0.2, 0.25) is 0 Å². The maximum atomic E-state index is 12.7. The third-order valence-electron chi connectivity index (χ3n) is 4.72. The van der Waals surface area contributed by atoms with Crippen LogP contribution in [-0.2, 0) is 13.1 Å². The Morgan fingerprint density at radius 3 is 2.72 bits per heavy atom. The number of halogens is 1. The average Bonchev–Trinajstić information content (AvgIpc) is 3.14. The van der Waals surface area contributed by atoms with E-state index in [1.54, 1.807) is 7.11 Å². The first-order valence-electron chi connectivity index (χ1n) is 9.23. The van der Waals surface area contributed by atoms with Gasteiger partial charge in [0.25, 0.3) is 5.91 Å². The maximum absolute atomic E-state index is 12.7. The van der Waals surface area contributed by atoms with Crippen LogP contribution in [0.25, 0.3) is 10.9 Å². The Morgan fingerprint density at radius 1 is 1.07 bits per heavy atom. The van der Waals surface area contributed by atoms with Gasteiger partial charge in [-0.15, -0.1) is 0 Å². The molecule has 0 fully saturated rings. The van der Waals surface area contributed by atoms with Crippen LogP contribution in [0.3, 0.4) is 0 Å². The van der Waals surface area contributed by atoms with Gasteiger partial charge < -0.3 is 10.1 Å². The lowest BCUT2D eigenvalue weighted by Crippen LogP contribution is -2.22. The molecule has 0 aliphatic rings. The molecule has 146 valence electrons. The van der Waals surface area contributed by atoms with Gasteiger partial charge >= 0.3 is 0 Å². The van der Waals surface area contributed by atoms with Crippen molar-refractivity contribution in [3.63, 3.8) is 0 Å². The van der Waals surface area contributed by atoms with Crippen molar-refractivity contribution in [2.75, 3.05) is 7.11 Å². The van der Waals surface area contributed by atoms with Gasteiger partial charge in [0.15, 0.2) is 0 Å². The first kappa shape index (κ1) is 19.2. The number of nitrogens with one attached hydrogen (secondary N) is 1. The van der Waals surface area contributed by atoms with Crippen LogP contribution in [0.15, 0.2) is 77.4 Å². The minimum atomic E-state index is -0.110. The first-order chi connectivity index (χ1) is 14.1. The summed E-state index contributed by atoms with van der Waals surface area (Å²) in [5.74, 6) is 0.701. The van der Waals surface area contributed by atoms with Crippen molar-refractivity contribution < 1.29 is 9.53 Å². The summed E-state index contributed by atoms with van der Waals surface area (Å²) in [7, 11) is 1.65. The molecule has 1 heterocycles. The highest BCUT2D eigenvalue weighted by Crippen LogP contribution is 2.19. The summed E-state index contributed by atoms with van der Waals surface area (Å²) in [6, 6.07) is 21.4. The van der Waals surface area contributed by atoms with E-state index in [0.717, 1.165) is 32.3 Å². The van der Waals surface area contributed by atoms with Gasteiger partial charge in [-0.25, -0.2) is 0 Å². The molecule has 0 unspecified atom stereocenters. The molecule has 4 rings (SSSR count). The number of hydrogen-bond donors (Lipinski definition) is 1. The van der Waals surface area contributed by atoms with Crippen LogP contribution in [0.2, 0.25) is 0 Å². The van der Waals surface area contributed by atoms with Crippen molar-refractivity contribution in [2.24, 2.45) is 0 Å². The number of ether oxygens (including phenoxy) is 1. The van der Waals surface area contributed by atoms with Gasteiger partial charge in [-0.1, -0.05) is 46.3 Å². The number of hydrogen-bond acceptors (Lipinski definition) is 3. The summed E-state index contributed by atoms with van der Waals surface area (Å²) in [5, 5.41) is 8.46. The zero-order chi connectivity index (χ0) is 20.2. The van der Waals surface area contributed by atoms with Crippen molar-refractivity contribution in [2.45, 2.75) is 13.1 Å². The number of benzene rings is 3. The Hall–Kier alpha value is -3.12. The average molecular weight is 450 g/mol. The van der Waals surface area contributed by atoms with Crippen LogP contribution in [0.5, 0.6) is 5.75 Å². The number of carbonyl (C=O) groups excluding carboxylic acids is 1. The lowest BCUT2D eigenvalue weighted by atomic mass is 10.1. The van der Waals surface area contributed by atoms with E-state index < -0.39 is 0 Å². The zero-order valence-corrected chi connectivity index (χ0v) is 17.5. The highest BCUT2D eigenvalue weighted by atomic mass is 79.9. The van der Waals surface area contributed by atoms with E-state index in [4.69, 9.17) is 4.74 Å². The largest absolute Gasteiger partial charge is 0.497 e. The van der Waals surface area contributed by atoms with Crippen LogP contribution in [0.1, 0.15) is 21.5 Å². The minimum Gasteiger partial charge on any atom is -0.497 e. The van der Waals surface area contributed by atoms with Crippen molar-refractivity contribution in [3.05, 3.63) is 94.1 Å². The Balaban J connectivity index is 1.53. The lowest BCUT2D eigenvalue weighted by Gasteiger charge is -2.08. The molecular formula is C23H20BrN3O2. The quantitative estimate of drug-likeness (QED) is 0.460. The molecule has 1 aromatic heterocycles. The molecule has 29 heavy (non-hydrogen) atoms. The number of rotatable bonds is 6. The van der Waals surface area contributed by atoms with E-state index in [2.05, 4.69) is 26.3 Å². The number of amides is 1. The molecule has 0 spiro atoms. The second-order valence-electron chi connectivity index (χ2n) is 6.74. The standard InChI is InChI=1S/C23H20BrN3O2/c1-29-21-7-3-5-17(11-21)15-27-22-12-18(8-9-19(22)14-26-27)23(28)25-13-16-4-2-6-20(24)10-16/h2-12,14H,13,15H2,1H3,(H,25,28). The van der Waals surface area contributed by atoms with E-state index in [-0.39, 0.29) is 5.91 Å². The molecule has 0 saturated carbocycles. The summed E-state index contributed by atoms with van der Waals surface area (Å²) in [4.78, 5) is 12.7. The second kappa shape index (κ2) is 8.49. The fourth-order valence-electron chi connectivity index (χ4n) is 3.21. The van der Waals surface area contributed by atoms with Crippen molar-refractivity contribution in [1.82, 2.24) is 15.1 Å². The van der Waals surface area contributed by atoms with Gasteiger partial charge in [0.05, 0.1) is 25.4 Å². The number of nitrogens with zero attached hydrogens (tertiary/aromatic N) is 2. The summed E-state index contributed by atoms with van der Waals surface area (Å²) >= 11 is 3.45. The van der Waals surface area contributed by atoms with Crippen LogP contribution < -0.4 is 10.1 Å². The van der Waals surface area contributed by atoms with Gasteiger partial charge in [-0.3, -0.25) is 9.48 Å². The van der Waals surface area contributed by atoms with Crippen LogP contribution in [0.4, 0.5) is 0 Å². The normalized spacial score (nSPS) is 10.8. The number of methoxy groups -OCH3 is 1. The summed E-state index contributed by atoms with van der Waals surface area (Å²) in [6.07, 6.45) is 1.82. The summed E-state index contributed by atoms with van der Waals surface area (Å²) in [5.41, 5.74) is 3.65. The molecule has 0 atom stereocenters. The molecule has 0 aliphatic carbocycles. The van der Waals surface area contributed by atoms with E-state index in [1.807, 2.05) is 77.6 Å². The highest BCUT2D eigenvalue weighted by molar-refractivity contribution is 9.10. The molecule has 1 N–H and O–H groups in total. The van der Waals surface area contributed by atoms with E-state index in [1.165, 1.54) is 0 Å². The Labute approximate surface area is 177 Å². The predicted octanol–water partition coefficient (Wildman–Crippen LogP) is 4.79. The van der Waals surface area contributed by atoms with Crippen molar-refractivity contribution >= 4 is 32.7 Å². The SMILES string of the molecule is COc1cccc(Cn2ncc3ccc(C(=O)NCc4cccc(Br)c4)cc32)c1. The molecule has 0 bridgehead atoms. The third kappa shape index (κ3) is 4.49. The molecule has 6 heteroatoms. The number of carbonyl (C=O) groups is 1. The Morgan fingerprint density at radius 2 is 1.90 bits per heavy atom. The summed E-state index contributed by atoms with van der Waals surface area (Å²) in [6.45, 7) is 1.07. The van der Waals surface area contributed by atoms with Gasteiger partial charge in [-0.2, -0.15) is 5.10 Å². The second-order valence-corrected chi connectivity index (χ2v) is 7.66. The predicted molar refractivity (Wildman–Crippen MR) is 117 cm³/mol. The van der Waals surface area contributed by atoms with Gasteiger partial charge in [0.1, 0.15) is 5.75 Å². The lowest BCUT2D eigenvalue weighted by molar-refractivity contribution is 0.0951. The Kier molecular flexibility index (Phi) is 5.62.